The maximum absolute atomic E-state index is 13.1. The maximum atomic E-state index is 13.1. The first-order valence-corrected chi connectivity index (χ1v) is 6.21. The van der Waals surface area contributed by atoms with Gasteiger partial charge in [0, 0.05) is 13.1 Å². The van der Waals surface area contributed by atoms with E-state index in [0.717, 1.165) is 25.9 Å². The van der Waals surface area contributed by atoms with Gasteiger partial charge in [-0.25, -0.2) is 9.07 Å². The lowest BCUT2D eigenvalue weighted by Crippen LogP contribution is -2.27. The molecule has 1 aliphatic heterocycles. The second kappa shape index (κ2) is 4.79. The standard InChI is InChI=1S/C13H13FN4O/c14-10-4-3-5-11(8-10)18-9-12(15-16-18)13(19)17-6-1-2-7-17/h3-5,8-9H,1-2,6-7H2. The quantitative estimate of drug-likeness (QED) is 0.824. The molecule has 5 nitrogen and oxygen atoms in total. The van der Waals surface area contributed by atoms with Gasteiger partial charge in [0.1, 0.15) is 5.82 Å². The second-order valence-electron chi connectivity index (χ2n) is 4.53. The van der Waals surface area contributed by atoms with Gasteiger partial charge in [0.05, 0.1) is 11.9 Å². The number of hydrogen-bond donors (Lipinski definition) is 0. The Labute approximate surface area is 109 Å². The van der Waals surface area contributed by atoms with Gasteiger partial charge in [-0.15, -0.1) is 5.10 Å². The number of aromatic nitrogens is 3. The fraction of sp³-hybridized carbons (Fsp3) is 0.308. The average Bonchev–Trinajstić information content (AvgIpc) is 3.10. The minimum absolute atomic E-state index is 0.111. The zero-order valence-electron chi connectivity index (χ0n) is 10.3. The Morgan fingerprint density at radius 2 is 2.05 bits per heavy atom. The smallest absolute Gasteiger partial charge is 0.276 e. The molecule has 0 unspecified atom stereocenters. The molecule has 2 heterocycles. The Kier molecular flexibility index (Phi) is 2.98. The van der Waals surface area contributed by atoms with Gasteiger partial charge in [0.2, 0.25) is 0 Å². The van der Waals surface area contributed by atoms with Crippen LogP contribution in [0.15, 0.2) is 30.5 Å². The van der Waals surface area contributed by atoms with E-state index < -0.39 is 0 Å². The van der Waals surface area contributed by atoms with E-state index in [-0.39, 0.29) is 11.7 Å². The Morgan fingerprint density at radius 3 is 2.79 bits per heavy atom. The first-order valence-electron chi connectivity index (χ1n) is 6.21. The van der Waals surface area contributed by atoms with Gasteiger partial charge in [-0.3, -0.25) is 4.79 Å². The zero-order chi connectivity index (χ0) is 13.2. The van der Waals surface area contributed by atoms with Crippen LogP contribution in [-0.4, -0.2) is 38.9 Å². The number of benzene rings is 1. The van der Waals surface area contributed by atoms with E-state index in [4.69, 9.17) is 0 Å². The van der Waals surface area contributed by atoms with Crippen LogP contribution in [0.25, 0.3) is 5.69 Å². The molecular formula is C13H13FN4O. The van der Waals surface area contributed by atoms with Crippen molar-refractivity contribution >= 4 is 5.91 Å². The number of amides is 1. The van der Waals surface area contributed by atoms with Crippen LogP contribution in [0.4, 0.5) is 4.39 Å². The number of carbonyl (C=O) groups is 1. The summed E-state index contributed by atoms with van der Waals surface area (Å²) in [6.45, 7) is 1.54. The molecule has 98 valence electrons. The summed E-state index contributed by atoms with van der Waals surface area (Å²) in [6, 6.07) is 6.01. The Morgan fingerprint density at radius 1 is 1.26 bits per heavy atom. The van der Waals surface area contributed by atoms with Gasteiger partial charge in [0.25, 0.3) is 5.91 Å². The van der Waals surface area contributed by atoms with Crippen molar-refractivity contribution in [3.63, 3.8) is 0 Å². The number of likely N-dealkylation sites (tertiary alicyclic amines) is 1. The van der Waals surface area contributed by atoms with Crippen molar-refractivity contribution < 1.29 is 9.18 Å². The minimum Gasteiger partial charge on any atom is -0.337 e. The predicted octanol–water partition coefficient (Wildman–Crippen LogP) is 1.64. The molecule has 1 fully saturated rings. The molecule has 0 spiro atoms. The SMILES string of the molecule is O=C(c1cn(-c2cccc(F)c2)nn1)N1CCCC1. The molecule has 1 saturated heterocycles. The Bertz CT molecular complexity index is 604. The summed E-state index contributed by atoms with van der Waals surface area (Å²) in [5.74, 6) is -0.458. The molecule has 0 aliphatic carbocycles. The molecule has 2 aromatic rings. The van der Waals surface area contributed by atoms with E-state index in [1.807, 2.05) is 0 Å². The molecule has 1 amide bonds. The van der Waals surface area contributed by atoms with E-state index in [1.165, 1.54) is 23.0 Å². The average molecular weight is 260 g/mol. The van der Waals surface area contributed by atoms with Crippen molar-refractivity contribution in [2.24, 2.45) is 0 Å². The maximum Gasteiger partial charge on any atom is 0.276 e. The van der Waals surface area contributed by atoms with Crippen molar-refractivity contribution in [1.82, 2.24) is 19.9 Å². The monoisotopic (exact) mass is 260 g/mol. The number of rotatable bonds is 2. The lowest BCUT2D eigenvalue weighted by molar-refractivity contribution is 0.0787. The minimum atomic E-state index is -0.347. The largest absolute Gasteiger partial charge is 0.337 e. The first kappa shape index (κ1) is 11.8. The van der Waals surface area contributed by atoms with E-state index in [2.05, 4.69) is 10.3 Å². The molecule has 3 rings (SSSR count). The van der Waals surface area contributed by atoms with Gasteiger partial charge in [-0.2, -0.15) is 0 Å². The third-order valence-corrected chi connectivity index (χ3v) is 3.18. The van der Waals surface area contributed by atoms with Crippen molar-refractivity contribution in [3.8, 4) is 5.69 Å². The van der Waals surface area contributed by atoms with Gasteiger partial charge >= 0.3 is 0 Å². The summed E-state index contributed by atoms with van der Waals surface area (Å²) >= 11 is 0. The third-order valence-electron chi connectivity index (χ3n) is 3.18. The van der Waals surface area contributed by atoms with Crippen molar-refractivity contribution in [3.05, 3.63) is 42.0 Å². The topological polar surface area (TPSA) is 51.0 Å². The van der Waals surface area contributed by atoms with Crippen LogP contribution in [0.2, 0.25) is 0 Å². The molecule has 1 aliphatic rings. The Hall–Kier alpha value is -2.24. The molecule has 0 radical (unpaired) electrons. The highest BCUT2D eigenvalue weighted by atomic mass is 19.1. The van der Waals surface area contributed by atoms with Crippen LogP contribution in [-0.2, 0) is 0 Å². The van der Waals surface area contributed by atoms with Crippen molar-refractivity contribution in [2.45, 2.75) is 12.8 Å². The van der Waals surface area contributed by atoms with Crippen molar-refractivity contribution in [2.75, 3.05) is 13.1 Å². The molecule has 1 aromatic carbocycles. The number of carbonyl (C=O) groups excluding carboxylic acids is 1. The van der Waals surface area contributed by atoms with Gasteiger partial charge in [-0.05, 0) is 31.0 Å². The first-order chi connectivity index (χ1) is 9.24. The van der Waals surface area contributed by atoms with Crippen LogP contribution < -0.4 is 0 Å². The number of hydrogen-bond acceptors (Lipinski definition) is 3. The van der Waals surface area contributed by atoms with Crippen LogP contribution in [0.5, 0.6) is 0 Å². The molecule has 19 heavy (non-hydrogen) atoms. The third kappa shape index (κ3) is 2.33. The summed E-state index contributed by atoms with van der Waals surface area (Å²) in [7, 11) is 0. The van der Waals surface area contributed by atoms with E-state index >= 15 is 0 Å². The molecular weight excluding hydrogens is 247 g/mol. The summed E-state index contributed by atoms with van der Waals surface area (Å²) in [6.07, 6.45) is 3.60. The van der Waals surface area contributed by atoms with Crippen LogP contribution in [0, 0.1) is 5.82 Å². The lowest BCUT2D eigenvalue weighted by Gasteiger charge is -2.12. The molecule has 0 saturated carbocycles. The van der Waals surface area contributed by atoms with Crippen LogP contribution >= 0.6 is 0 Å². The molecule has 6 heteroatoms. The molecule has 1 aromatic heterocycles. The fourth-order valence-corrected chi connectivity index (χ4v) is 2.19. The highest BCUT2D eigenvalue weighted by molar-refractivity contribution is 5.92. The fourth-order valence-electron chi connectivity index (χ4n) is 2.19. The second-order valence-corrected chi connectivity index (χ2v) is 4.53. The Balaban J connectivity index is 1.85. The van der Waals surface area contributed by atoms with Gasteiger partial charge < -0.3 is 4.90 Å². The number of halogens is 1. The highest BCUT2D eigenvalue weighted by Gasteiger charge is 2.22. The van der Waals surface area contributed by atoms with Crippen LogP contribution in [0.1, 0.15) is 23.3 Å². The lowest BCUT2D eigenvalue weighted by atomic mass is 10.3. The van der Waals surface area contributed by atoms with Gasteiger partial charge in [-0.1, -0.05) is 11.3 Å². The predicted molar refractivity (Wildman–Crippen MR) is 66.5 cm³/mol. The zero-order valence-corrected chi connectivity index (χ0v) is 10.3. The van der Waals surface area contributed by atoms with Crippen molar-refractivity contribution in [1.29, 1.82) is 0 Å². The summed E-state index contributed by atoms with van der Waals surface area (Å²) in [4.78, 5) is 13.9. The highest BCUT2D eigenvalue weighted by Crippen LogP contribution is 2.13. The summed E-state index contributed by atoms with van der Waals surface area (Å²) in [5, 5.41) is 7.74. The molecule has 0 N–H and O–H groups in total. The molecule has 0 bridgehead atoms. The normalized spacial score (nSPS) is 14.9. The van der Waals surface area contributed by atoms with Crippen LogP contribution in [0.3, 0.4) is 0 Å². The summed E-state index contributed by atoms with van der Waals surface area (Å²) < 4.78 is 14.5. The van der Waals surface area contributed by atoms with Gasteiger partial charge in [0.15, 0.2) is 5.69 Å². The van der Waals surface area contributed by atoms with E-state index in [1.54, 1.807) is 17.0 Å². The van der Waals surface area contributed by atoms with E-state index in [9.17, 15) is 9.18 Å². The summed E-state index contributed by atoms with van der Waals surface area (Å²) in [5.41, 5.74) is 0.846. The molecule has 0 atom stereocenters. The van der Waals surface area contributed by atoms with E-state index in [0.29, 0.717) is 11.4 Å². The number of nitrogens with zero attached hydrogens (tertiary/aromatic N) is 4.